The standard InChI is InChI=1S/C63H114O5/c1-4-7-10-13-16-19-22-25-28-31-32-34-35-38-41-44-47-50-53-56-62(64)67-60-61(59-66-58-55-52-49-46-43-40-37-30-27-24-21-18-15-12-9-6-3)68-63(65)57-54-51-48-45-42-39-36-33-29-26-23-20-17-14-11-8-5-2/h7,10,16,19,25,28,32,34,38,41,61H,4-6,8-9,11-15,17-18,20-24,26-27,29-31,33,35-37,39-40,42-60H2,1-3H3/b10-7-,19-16-,28-25-,34-32-,41-38-/t61-/m1/s1. The van der Waals surface area contributed by atoms with Crippen LogP contribution in [0.25, 0.3) is 0 Å². The largest absolute Gasteiger partial charge is 0.462 e. The molecule has 0 heterocycles. The van der Waals surface area contributed by atoms with Crippen molar-refractivity contribution in [3.8, 4) is 0 Å². The highest BCUT2D eigenvalue weighted by molar-refractivity contribution is 5.70. The Morgan fingerprint density at radius 2 is 0.662 bits per heavy atom. The van der Waals surface area contributed by atoms with Crippen molar-refractivity contribution in [1.29, 1.82) is 0 Å². The predicted octanol–water partition coefficient (Wildman–Crippen LogP) is 20.5. The van der Waals surface area contributed by atoms with Crippen molar-refractivity contribution in [1.82, 2.24) is 0 Å². The quantitative estimate of drug-likeness (QED) is 0.0345. The number of hydrogen-bond donors (Lipinski definition) is 0. The van der Waals surface area contributed by atoms with Crippen LogP contribution in [0, 0.1) is 0 Å². The Labute approximate surface area is 424 Å². The average molecular weight is 952 g/mol. The summed E-state index contributed by atoms with van der Waals surface area (Å²) in [6.07, 6.45) is 75.3. The van der Waals surface area contributed by atoms with Crippen molar-refractivity contribution in [3.05, 3.63) is 60.8 Å². The highest BCUT2D eigenvalue weighted by Gasteiger charge is 2.17. The lowest BCUT2D eigenvalue weighted by Crippen LogP contribution is -2.30. The van der Waals surface area contributed by atoms with Crippen molar-refractivity contribution in [3.63, 3.8) is 0 Å². The van der Waals surface area contributed by atoms with Crippen LogP contribution < -0.4 is 0 Å². The van der Waals surface area contributed by atoms with Gasteiger partial charge in [-0.1, -0.05) is 287 Å². The van der Waals surface area contributed by atoms with E-state index < -0.39 is 6.10 Å². The fourth-order valence-electron chi connectivity index (χ4n) is 8.66. The van der Waals surface area contributed by atoms with Gasteiger partial charge in [-0.2, -0.15) is 0 Å². The Morgan fingerprint density at radius 3 is 1.06 bits per heavy atom. The van der Waals surface area contributed by atoms with E-state index in [1.807, 2.05) is 0 Å². The zero-order chi connectivity index (χ0) is 49.2. The van der Waals surface area contributed by atoms with E-state index in [4.69, 9.17) is 14.2 Å². The minimum atomic E-state index is -0.548. The van der Waals surface area contributed by atoms with Crippen LogP contribution in [0.2, 0.25) is 0 Å². The predicted molar refractivity (Wildman–Crippen MR) is 298 cm³/mol. The first kappa shape index (κ1) is 65.6. The lowest BCUT2D eigenvalue weighted by Gasteiger charge is -2.18. The third kappa shape index (κ3) is 56.2. The normalized spacial score (nSPS) is 12.6. The first-order valence-corrected chi connectivity index (χ1v) is 29.8. The van der Waals surface area contributed by atoms with Crippen LogP contribution in [0.3, 0.4) is 0 Å². The molecule has 0 aliphatic rings. The maximum absolute atomic E-state index is 12.9. The van der Waals surface area contributed by atoms with Crippen molar-refractivity contribution in [2.45, 2.75) is 309 Å². The van der Waals surface area contributed by atoms with Crippen LogP contribution >= 0.6 is 0 Å². The molecule has 5 nitrogen and oxygen atoms in total. The number of esters is 2. The molecule has 0 aromatic heterocycles. The van der Waals surface area contributed by atoms with Crippen molar-refractivity contribution in [2.24, 2.45) is 0 Å². The summed E-state index contributed by atoms with van der Waals surface area (Å²) in [5.74, 6) is -0.417. The third-order valence-electron chi connectivity index (χ3n) is 13.1. The molecule has 0 aliphatic carbocycles. The Hall–Kier alpha value is -2.40. The van der Waals surface area contributed by atoms with Gasteiger partial charge in [0, 0.05) is 19.4 Å². The van der Waals surface area contributed by atoms with Crippen LogP contribution in [-0.2, 0) is 23.8 Å². The molecule has 396 valence electrons. The molecule has 0 fully saturated rings. The van der Waals surface area contributed by atoms with Gasteiger partial charge >= 0.3 is 11.9 Å². The molecule has 0 saturated carbocycles. The lowest BCUT2D eigenvalue weighted by atomic mass is 10.0. The second-order valence-corrected chi connectivity index (χ2v) is 19.9. The van der Waals surface area contributed by atoms with Gasteiger partial charge in [-0.25, -0.2) is 0 Å². The number of allylic oxidation sites excluding steroid dienone is 10. The van der Waals surface area contributed by atoms with Crippen molar-refractivity contribution < 1.29 is 23.8 Å². The van der Waals surface area contributed by atoms with Gasteiger partial charge in [0.2, 0.25) is 0 Å². The molecule has 0 rings (SSSR count). The van der Waals surface area contributed by atoms with Gasteiger partial charge in [-0.15, -0.1) is 0 Å². The molecule has 0 amide bonds. The molecule has 0 N–H and O–H groups in total. The molecule has 0 bridgehead atoms. The molecule has 0 spiro atoms. The molecule has 0 aromatic rings. The van der Waals surface area contributed by atoms with E-state index in [-0.39, 0.29) is 25.2 Å². The summed E-state index contributed by atoms with van der Waals surface area (Å²) in [7, 11) is 0. The van der Waals surface area contributed by atoms with E-state index in [1.54, 1.807) is 0 Å². The number of ether oxygens (including phenoxy) is 3. The maximum Gasteiger partial charge on any atom is 0.306 e. The van der Waals surface area contributed by atoms with Gasteiger partial charge in [0.1, 0.15) is 6.61 Å². The summed E-state index contributed by atoms with van der Waals surface area (Å²) in [6, 6.07) is 0. The minimum absolute atomic E-state index is 0.0720. The maximum atomic E-state index is 12.9. The minimum Gasteiger partial charge on any atom is -0.462 e. The Bertz CT molecular complexity index is 1170. The van der Waals surface area contributed by atoms with Gasteiger partial charge < -0.3 is 14.2 Å². The first-order valence-electron chi connectivity index (χ1n) is 29.8. The highest BCUT2D eigenvalue weighted by atomic mass is 16.6. The lowest BCUT2D eigenvalue weighted by molar-refractivity contribution is -0.163. The van der Waals surface area contributed by atoms with Crippen molar-refractivity contribution >= 4 is 11.9 Å². The Kier molecular flexibility index (Phi) is 56.8. The molecule has 5 heteroatoms. The van der Waals surface area contributed by atoms with Crippen LogP contribution in [0.4, 0.5) is 0 Å². The Morgan fingerprint density at radius 1 is 0.338 bits per heavy atom. The van der Waals surface area contributed by atoms with Gasteiger partial charge in [0.15, 0.2) is 6.10 Å². The number of carbonyl (C=O) groups is 2. The molecule has 68 heavy (non-hydrogen) atoms. The second kappa shape index (κ2) is 58.9. The van der Waals surface area contributed by atoms with E-state index in [0.29, 0.717) is 19.4 Å². The average Bonchev–Trinajstić information content (AvgIpc) is 3.34. The molecule has 0 unspecified atom stereocenters. The third-order valence-corrected chi connectivity index (χ3v) is 13.1. The first-order chi connectivity index (χ1) is 33.6. The van der Waals surface area contributed by atoms with E-state index >= 15 is 0 Å². The zero-order valence-electron chi connectivity index (χ0n) is 45.6. The van der Waals surface area contributed by atoms with Crippen molar-refractivity contribution in [2.75, 3.05) is 19.8 Å². The summed E-state index contributed by atoms with van der Waals surface area (Å²) in [6.45, 7) is 7.74. The van der Waals surface area contributed by atoms with E-state index in [2.05, 4.69) is 81.5 Å². The van der Waals surface area contributed by atoms with E-state index in [9.17, 15) is 9.59 Å². The molecular formula is C63H114O5. The zero-order valence-corrected chi connectivity index (χ0v) is 45.6. The van der Waals surface area contributed by atoms with Gasteiger partial charge in [-0.3, -0.25) is 9.59 Å². The summed E-state index contributed by atoms with van der Waals surface area (Å²) in [5, 5.41) is 0. The molecule has 0 aromatic carbocycles. The molecule has 0 radical (unpaired) electrons. The van der Waals surface area contributed by atoms with Gasteiger partial charge in [0.25, 0.3) is 0 Å². The Balaban J connectivity index is 4.30. The van der Waals surface area contributed by atoms with E-state index in [1.165, 1.54) is 186 Å². The fourth-order valence-corrected chi connectivity index (χ4v) is 8.66. The second-order valence-electron chi connectivity index (χ2n) is 19.9. The van der Waals surface area contributed by atoms with Crippen LogP contribution in [0.1, 0.15) is 303 Å². The summed E-state index contributed by atoms with van der Waals surface area (Å²) < 4.78 is 17.5. The number of carbonyl (C=O) groups excluding carboxylic acids is 2. The SMILES string of the molecule is CC/C=C\C/C=C\C/C=C\C/C=C\C/C=C\CCCCCC(=O)OC[C@@H](COCCCCCCCCCCCCCCCCCC)OC(=O)CCCCCCCCCCCCCCCCCCC. The topological polar surface area (TPSA) is 61.8 Å². The molecule has 0 aliphatic heterocycles. The smallest absolute Gasteiger partial charge is 0.306 e. The monoisotopic (exact) mass is 951 g/mol. The summed E-state index contributed by atoms with van der Waals surface area (Å²) in [5.41, 5.74) is 0. The highest BCUT2D eigenvalue weighted by Crippen LogP contribution is 2.17. The van der Waals surface area contributed by atoms with Gasteiger partial charge in [-0.05, 0) is 64.2 Å². The molecule has 1 atom stereocenters. The fraction of sp³-hybridized carbons (Fsp3) is 0.810. The van der Waals surface area contributed by atoms with Crippen LogP contribution in [0.15, 0.2) is 60.8 Å². The van der Waals surface area contributed by atoms with E-state index in [0.717, 1.165) is 83.5 Å². The molecule has 0 saturated heterocycles. The van der Waals surface area contributed by atoms with Gasteiger partial charge in [0.05, 0.1) is 6.61 Å². The number of hydrogen-bond acceptors (Lipinski definition) is 5. The van der Waals surface area contributed by atoms with Crippen LogP contribution in [0.5, 0.6) is 0 Å². The number of unbranched alkanes of at least 4 members (excludes halogenated alkanes) is 34. The summed E-state index contributed by atoms with van der Waals surface area (Å²) in [4.78, 5) is 25.5. The van der Waals surface area contributed by atoms with Crippen LogP contribution in [-0.4, -0.2) is 37.9 Å². The summed E-state index contributed by atoms with van der Waals surface area (Å²) >= 11 is 0. The molecular weight excluding hydrogens is 837 g/mol. The number of rotatable bonds is 55.